The summed E-state index contributed by atoms with van der Waals surface area (Å²) in [6, 6.07) is 15.5. The second-order valence-corrected chi connectivity index (χ2v) is 6.03. The molecule has 146 valence electrons. The number of cyclic esters (lactones) is 1. The van der Waals surface area contributed by atoms with Crippen molar-refractivity contribution in [1.29, 1.82) is 0 Å². The van der Waals surface area contributed by atoms with Crippen LogP contribution in [-0.2, 0) is 14.3 Å². The van der Waals surface area contributed by atoms with E-state index in [1.165, 1.54) is 7.11 Å². The van der Waals surface area contributed by atoms with Crippen molar-refractivity contribution in [2.45, 2.75) is 6.04 Å². The van der Waals surface area contributed by atoms with E-state index >= 15 is 0 Å². The van der Waals surface area contributed by atoms with Gasteiger partial charge in [0, 0.05) is 0 Å². The maximum absolute atomic E-state index is 12.4. The van der Waals surface area contributed by atoms with Crippen LogP contribution >= 0.6 is 0 Å². The number of ether oxygens (including phenoxy) is 3. The number of hydrogen-bond acceptors (Lipinski definition) is 6. The highest BCUT2D eigenvalue weighted by Gasteiger charge is 2.33. The molecule has 8 nitrogen and oxygen atoms in total. The van der Waals surface area contributed by atoms with Gasteiger partial charge in [0.2, 0.25) is 0 Å². The highest BCUT2D eigenvalue weighted by Crippen LogP contribution is 2.25. The number of carbonyl (C=O) groups is 3. The van der Waals surface area contributed by atoms with Gasteiger partial charge >= 0.3 is 6.09 Å². The Kier molecular flexibility index (Phi) is 6.11. The number of carbonyl (C=O) groups excluding carboxylic acids is 3. The predicted octanol–water partition coefficient (Wildman–Crippen LogP) is 1.91. The number of nitrogens with one attached hydrogen (secondary N) is 1. The molecule has 0 spiro atoms. The van der Waals surface area contributed by atoms with Crippen LogP contribution in [0.15, 0.2) is 54.6 Å². The topological polar surface area (TPSA) is 94.2 Å². The first kappa shape index (κ1) is 19.2. The largest absolute Gasteiger partial charge is 0.493 e. The summed E-state index contributed by atoms with van der Waals surface area (Å²) in [6.45, 7) is -0.560. The molecule has 0 radical (unpaired) electrons. The molecular formula is C20H20N2O6. The van der Waals surface area contributed by atoms with Crippen molar-refractivity contribution in [2.75, 3.05) is 26.9 Å². The third-order valence-corrected chi connectivity index (χ3v) is 4.17. The highest BCUT2D eigenvalue weighted by atomic mass is 16.6. The lowest BCUT2D eigenvalue weighted by Gasteiger charge is -2.23. The number of para-hydroxylation sites is 2. The average Bonchev–Trinajstić information content (AvgIpc) is 3.04. The van der Waals surface area contributed by atoms with E-state index in [1.807, 2.05) is 18.2 Å². The average molecular weight is 384 g/mol. The van der Waals surface area contributed by atoms with Gasteiger partial charge in [0.15, 0.2) is 24.7 Å². The number of amides is 3. The fourth-order valence-corrected chi connectivity index (χ4v) is 2.78. The van der Waals surface area contributed by atoms with E-state index in [9.17, 15) is 14.4 Å². The normalized spacial score (nSPS) is 14.4. The van der Waals surface area contributed by atoms with Crippen LogP contribution in [0.4, 0.5) is 4.79 Å². The van der Waals surface area contributed by atoms with Gasteiger partial charge in [0.25, 0.3) is 11.8 Å². The van der Waals surface area contributed by atoms with Crippen molar-refractivity contribution in [3.05, 3.63) is 60.2 Å². The first-order valence-electron chi connectivity index (χ1n) is 8.65. The molecule has 1 heterocycles. The molecule has 0 saturated carbocycles. The lowest BCUT2D eigenvalue weighted by Crippen LogP contribution is -2.41. The minimum absolute atomic E-state index is 0.0257. The molecule has 1 N–H and O–H groups in total. The maximum Gasteiger partial charge on any atom is 0.417 e. The lowest BCUT2D eigenvalue weighted by atomic mass is 10.1. The van der Waals surface area contributed by atoms with E-state index in [2.05, 4.69) is 5.32 Å². The highest BCUT2D eigenvalue weighted by molar-refractivity contribution is 5.97. The molecule has 8 heteroatoms. The Morgan fingerprint density at radius 2 is 1.79 bits per heavy atom. The van der Waals surface area contributed by atoms with Gasteiger partial charge < -0.3 is 19.5 Å². The fourth-order valence-electron chi connectivity index (χ4n) is 2.78. The van der Waals surface area contributed by atoms with Gasteiger partial charge in [0.05, 0.1) is 19.7 Å². The Morgan fingerprint density at radius 1 is 1.11 bits per heavy atom. The Bertz CT molecular complexity index is 839. The van der Waals surface area contributed by atoms with E-state index in [0.717, 1.165) is 10.5 Å². The smallest absolute Gasteiger partial charge is 0.417 e. The van der Waals surface area contributed by atoms with E-state index in [-0.39, 0.29) is 19.8 Å². The standard InChI is InChI=1S/C20H20N2O6/c1-26-16-9-5-6-10-17(16)27-12-18(23)21-15(14-7-3-2-4-8-14)11-22-19(24)13-28-20(22)25/h2-10,15H,11-13H2,1H3,(H,21,23). The van der Waals surface area contributed by atoms with Crippen molar-refractivity contribution >= 4 is 17.9 Å². The van der Waals surface area contributed by atoms with Crippen LogP contribution in [0.1, 0.15) is 11.6 Å². The number of methoxy groups -OCH3 is 1. The van der Waals surface area contributed by atoms with Gasteiger partial charge in [-0.05, 0) is 17.7 Å². The zero-order valence-electron chi connectivity index (χ0n) is 15.3. The second kappa shape index (κ2) is 8.90. The lowest BCUT2D eigenvalue weighted by molar-refractivity contribution is -0.128. The minimum Gasteiger partial charge on any atom is -0.493 e. The molecular weight excluding hydrogens is 364 g/mol. The fraction of sp³-hybridized carbons (Fsp3) is 0.250. The first-order chi connectivity index (χ1) is 13.6. The van der Waals surface area contributed by atoms with Gasteiger partial charge in [-0.1, -0.05) is 42.5 Å². The number of rotatable bonds is 8. The van der Waals surface area contributed by atoms with Gasteiger partial charge in [-0.2, -0.15) is 0 Å². The molecule has 1 aliphatic rings. The molecule has 0 bridgehead atoms. The maximum atomic E-state index is 12.4. The van der Waals surface area contributed by atoms with Crippen molar-refractivity contribution in [2.24, 2.45) is 0 Å². The van der Waals surface area contributed by atoms with E-state index < -0.39 is 23.9 Å². The predicted molar refractivity (Wildman–Crippen MR) is 98.9 cm³/mol. The number of hydrogen-bond donors (Lipinski definition) is 1. The second-order valence-electron chi connectivity index (χ2n) is 6.03. The van der Waals surface area contributed by atoms with Gasteiger partial charge in [-0.15, -0.1) is 0 Å². The molecule has 1 atom stereocenters. The van der Waals surface area contributed by atoms with Crippen LogP contribution in [0.3, 0.4) is 0 Å². The van der Waals surface area contributed by atoms with Crippen LogP contribution in [0, 0.1) is 0 Å². The number of benzene rings is 2. The zero-order valence-corrected chi connectivity index (χ0v) is 15.3. The summed E-state index contributed by atoms with van der Waals surface area (Å²) in [4.78, 5) is 37.0. The molecule has 2 aromatic rings. The van der Waals surface area contributed by atoms with Crippen molar-refractivity contribution in [1.82, 2.24) is 10.2 Å². The Hall–Kier alpha value is -3.55. The van der Waals surface area contributed by atoms with Crippen LogP contribution < -0.4 is 14.8 Å². The van der Waals surface area contributed by atoms with E-state index in [0.29, 0.717) is 11.5 Å². The van der Waals surface area contributed by atoms with E-state index in [4.69, 9.17) is 14.2 Å². The monoisotopic (exact) mass is 384 g/mol. The summed E-state index contributed by atoms with van der Waals surface area (Å²) in [7, 11) is 1.51. The summed E-state index contributed by atoms with van der Waals surface area (Å²) >= 11 is 0. The molecule has 0 aliphatic carbocycles. The molecule has 1 aliphatic heterocycles. The summed E-state index contributed by atoms with van der Waals surface area (Å²) < 4.78 is 15.5. The summed E-state index contributed by atoms with van der Waals surface area (Å²) in [5, 5.41) is 2.80. The van der Waals surface area contributed by atoms with Crippen molar-refractivity contribution < 1.29 is 28.6 Å². The number of nitrogens with zero attached hydrogens (tertiary/aromatic N) is 1. The summed E-state index contributed by atoms with van der Waals surface area (Å²) in [5.74, 6) is 0.111. The van der Waals surface area contributed by atoms with E-state index in [1.54, 1.807) is 36.4 Å². The summed E-state index contributed by atoms with van der Waals surface area (Å²) in [5.41, 5.74) is 0.751. The molecule has 1 unspecified atom stereocenters. The molecule has 2 aromatic carbocycles. The van der Waals surface area contributed by atoms with Gasteiger partial charge in [-0.3, -0.25) is 9.59 Å². The number of imide groups is 1. The van der Waals surface area contributed by atoms with Crippen LogP contribution in [0.2, 0.25) is 0 Å². The molecule has 1 fully saturated rings. The van der Waals surface area contributed by atoms with Crippen LogP contribution in [0.25, 0.3) is 0 Å². The molecule has 0 aromatic heterocycles. The third kappa shape index (κ3) is 4.59. The van der Waals surface area contributed by atoms with Crippen LogP contribution in [-0.4, -0.2) is 49.7 Å². The molecule has 3 amide bonds. The molecule has 3 rings (SSSR count). The Morgan fingerprint density at radius 3 is 2.43 bits per heavy atom. The molecule has 28 heavy (non-hydrogen) atoms. The van der Waals surface area contributed by atoms with Gasteiger partial charge in [0.1, 0.15) is 0 Å². The Balaban J connectivity index is 1.67. The van der Waals surface area contributed by atoms with Crippen molar-refractivity contribution in [3.63, 3.8) is 0 Å². The Labute approximate surface area is 162 Å². The molecule has 1 saturated heterocycles. The zero-order chi connectivity index (χ0) is 19.9. The first-order valence-corrected chi connectivity index (χ1v) is 8.65. The van der Waals surface area contributed by atoms with Crippen molar-refractivity contribution in [3.8, 4) is 11.5 Å². The quantitative estimate of drug-likeness (QED) is 0.747. The third-order valence-electron chi connectivity index (χ3n) is 4.17. The SMILES string of the molecule is COc1ccccc1OCC(=O)NC(CN1C(=O)COC1=O)c1ccccc1. The van der Waals surface area contributed by atoms with Gasteiger partial charge in [-0.25, -0.2) is 9.69 Å². The van der Waals surface area contributed by atoms with Crippen LogP contribution in [0.5, 0.6) is 11.5 Å². The minimum atomic E-state index is -0.717. The summed E-state index contributed by atoms with van der Waals surface area (Å²) in [6.07, 6.45) is -0.717.